The van der Waals surface area contributed by atoms with E-state index in [1.54, 1.807) is 0 Å². The summed E-state index contributed by atoms with van der Waals surface area (Å²) >= 11 is 1.81. The Morgan fingerprint density at radius 3 is 2.57 bits per heavy atom. The molecule has 0 aliphatic rings. The lowest BCUT2D eigenvalue weighted by atomic mass is 10.0. The number of aliphatic imine (C=N–C) groups is 1. The van der Waals surface area contributed by atoms with Crippen molar-refractivity contribution in [2.45, 2.75) is 39.0 Å². The van der Waals surface area contributed by atoms with Gasteiger partial charge in [-0.25, -0.2) is 0 Å². The lowest BCUT2D eigenvalue weighted by molar-refractivity contribution is 1.23. The third-order valence-corrected chi connectivity index (χ3v) is 4.77. The van der Waals surface area contributed by atoms with E-state index in [2.05, 4.69) is 75.6 Å². The number of hydrogen-bond acceptors (Lipinski definition) is 2. The van der Waals surface area contributed by atoms with Gasteiger partial charge in [0.05, 0.1) is 5.69 Å². The molecule has 0 saturated carbocycles. The van der Waals surface area contributed by atoms with Crippen molar-refractivity contribution in [3.05, 3.63) is 59.7 Å². The number of aryl methyl sites for hydroxylation is 2. The Hall–Kier alpha value is -1.80. The Balaban J connectivity index is 2.41. The van der Waals surface area contributed by atoms with Gasteiger partial charge in [0.15, 0.2) is 0 Å². The van der Waals surface area contributed by atoms with Crippen molar-refractivity contribution in [3.8, 4) is 11.1 Å². The van der Waals surface area contributed by atoms with Crippen LogP contribution >= 0.6 is 11.8 Å². The average Bonchev–Trinajstić information content (AvgIpc) is 2.54. The molecule has 23 heavy (non-hydrogen) atoms. The summed E-state index contributed by atoms with van der Waals surface area (Å²) < 4.78 is 0. The summed E-state index contributed by atoms with van der Waals surface area (Å²) in [5, 5.41) is 0. The number of benzene rings is 2. The predicted molar refractivity (Wildman–Crippen MR) is 105 cm³/mol. The SMILES string of the molecule is CC/C=C\C(C)=Nc1ccc(-c2cccc(C)c2SC)cc1C. The minimum atomic E-state index is 1.04. The molecule has 0 aliphatic heterocycles. The molecule has 0 saturated heterocycles. The van der Waals surface area contributed by atoms with E-state index < -0.39 is 0 Å². The molecule has 1 nitrogen and oxygen atoms in total. The monoisotopic (exact) mass is 323 g/mol. The van der Waals surface area contributed by atoms with E-state index >= 15 is 0 Å². The van der Waals surface area contributed by atoms with Crippen molar-refractivity contribution < 1.29 is 0 Å². The van der Waals surface area contributed by atoms with Gasteiger partial charge in [-0.15, -0.1) is 11.8 Å². The molecule has 0 spiro atoms. The zero-order valence-corrected chi connectivity index (χ0v) is 15.5. The van der Waals surface area contributed by atoms with Crippen LogP contribution in [0, 0.1) is 13.8 Å². The summed E-state index contributed by atoms with van der Waals surface area (Å²) in [5.41, 5.74) is 7.19. The molecule has 2 heteroatoms. The molecular weight excluding hydrogens is 298 g/mol. The molecule has 0 radical (unpaired) electrons. The van der Waals surface area contributed by atoms with Crippen LogP contribution in [0.3, 0.4) is 0 Å². The predicted octanol–water partition coefficient (Wildman–Crippen LogP) is 6.75. The number of rotatable bonds is 5. The maximum atomic E-state index is 4.72. The van der Waals surface area contributed by atoms with Crippen molar-refractivity contribution in [1.82, 2.24) is 0 Å². The second-order valence-electron chi connectivity index (χ2n) is 5.72. The smallest absolute Gasteiger partial charge is 0.0662 e. The Morgan fingerprint density at radius 2 is 1.91 bits per heavy atom. The third kappa shape index (κ3) is 4.35. The maximum Gasteiger partial charge on any atom is 0.0662 e. The van der Waals surface area contributed by atoms with Crippen molar-refractivity contribution >= 4 is 23.2 Å². The van der Waals surface area contributed by atoms with Gasteiger partial charge in [0.25, 0.3) is 0 Å². The van der Waals surface area contributed by atoms with Crippen LogP contribution in [0.2, 0.25) is 0 Å². The molecule has 2 aromatic rings. The first kappa shape index (κ1) is 17.6. The molecule has 2 aromatic carbocycles. The van der Waals surface area contributed by atoms with Gasteiger partial charge in [0.2, 0.25) is 0 Å². The highest BCUT2D eigenvalue weighted by molar-refractivity contribution is 7.98. The topological polar surface area (TPSA) is 12.4 Å². The van der Waals surface area contributed by atoms with Gasteiger partial charge in [-0.3, -0.25) is 4.99 Å². The number of hydrogen-bond donors (Lipinski definition) is 0. The van der Waals surface area contributed by atoms with Crippen LogP contribution in [0.15, 0.2) is 58.4 Å². The van der Waals surface area contributed by atoms with Crippen LogP contribution in [0.5, 0.6) is 0 Å². The van der Waals surface area contributed by atoms with Gasteiger partial charge in [0, 0.05) is 10.6 Å². The average molecular weight is 324 g/mol. The molecule has 0 heterocycles. The highest BCUT2D eigenvalue weighted by atomic mass is 32.2. The Bertz CT molecular complexity index is 742. The van der Waals surface area contributed by atoms with Crippen LogP contribution in [-0.2, 0) is 0 Å². The number of thioether (sulfide) groups is 1. The molecule has 0 aromatic heterocycles. The summed E-state index contributed by atoms with van der Waals surface area (Å²) in [6.45, 7) is 8.49. The lowest BCUT2D eigenvalue weighted by Crippen LogP contribution is -1.88. The van der Waals surface area contributed by atoms with E-state index in [0.29, 0.717) is 0 Å². The standard InChI is InChI=1S/C21H25NS/c1-6-7-10-17(4)22-20-13-12-18(14-16(20)3)19-11-8-9-15(2)21(19)23-5/h7-14H,6H2,1-5H3/b10-7-,22-17?. The highest BCUT2D eigenvalue weighted by Gasteiger charge is 2.08. The Kier molecular flexibility index (Phi) is 6.23. The van der Waals surface area contributed by atoms with Crippen molar-refractivity contribution in [2.75, 3.05) is 6.26 Å². The zero-order valence-electron chi connectivity index (χ0n) is 14.7. The summed E-state index contributed by atoms with van der Waals surface area (Å²) in [6, 6.07) is 13.0. The quantitative estimate of drug-likeness (QED) is 0.438. The van der Waals surface area contributed by atoms with Gasteiger partial charge >= 0.3 is 0 Å². The first-order chi connectivity index (χ1) is 11.1. The minimum Gasteiger partial charge on any atom is -0.254 e. The fourth-order valence-electron chi connectivity index (χ4n) is 2.61. The first-order valence-electron chi connectivity index (χ1n) is 8.03. The third-order valence-electron chi connectivity index (χ3n) is 3.82. The molecule has 0 aliphatic carbocycles. The van der Waals surface area contributed by atoms with Gasteiger partial charge in [0.1, 0.15) is 0 Å². The molecule has 120 valence electrons. The number of nitrogens with zero attached hydrogens (tertiary/aromatic N) is 1. The highest BCUT2D eigenvalue weighted by Crippen LogP contribution is 2.34. The van der Waals surface area contributed by atoms with Crippen LogP contribution in [0.1, 0.15) is 31.4 Å². The van der Waals surface area contributed by atoms with Gasteiger partial charge in [-0.1, -0.05) is 37.3 Å². The van der Waals surface area contributed by atoms with Crippen LogP contribution < -0.4 is 0 Å². The molecule has 0 N–H and O–H groups in total. The summed E-state index contributed by atoms with van der Waals surface area (Å²) in [6.07, 6.45) is 7.40. The van der Waals surface area contributed by atoms with Crippen LogP contribution in [0.25, 0.3) is 11.1 Å². The van der Waals surface area contributed by atoms with E-state index in [1.165, 1.54) is 27.1 Å². The van der Waals surface area contributed by atoms with Gasteiger partial charge in [-0.2, -0.15) is 0 Å². The van der Waals surface area contributed by atoms with Crippen LogP contribution in [0.4, 0.5) is 5.69 Å². The van der Waals surface area contributed by atoms with E-state index in [-0.39, 0.29) is 0 Å². The normalized spacial score (nSPS) is 12.1. The maximum absolute atomic E-state index is 4.72. The molecular formula is C21H25NS. The molecule has 0 bridgehead atoms. The van der Waals surface area contributed by atoms with E-state index in [1.807, 2.05) is 18.7 Å². The van der Waals surface area contributed by atoms with E-state index in [4.69, 9.17) is 4.99 Å². The fourth-order valence-corrected chi connectivity index (χ4v) is 3.41. The molecule has 0 fully saturated rings. The molecule has 0 amide bonds. The van der Waals surface area contributed by atoms with E-state index in [9.17, 15) is 0 Å². The first-order valence-corrected chi connectivity index (χ1v) is 9.25. The Labute approximate surface area is 144 Å². The summed E-state index contributed by atoms with van der Waals surface area (Å²) in [5.74, 6) is 0. The lowest BCUT2D eigenvalue weighted by Gasteiger charge is -2.12. The second-order valence-corrected chi connectivity index (χ2v) is 6.54. The summed E-state index contributed by atoms with van der Waals surface area (Å²) in [4.78, 5) is 6.07. The zero-order chi connectivity index (χ0) is 16.8. The largest absolute Gasteiger partial charge is 0.254 e. The number of allylic oxidation sites excluding steroid dienone is 2. The Morgan fingerprint density at radius 1 is 1.13 bits per heavy atom. The van der Waals surface area contributed by atoms with E-state index in [0.717, 1.165) is 17.8 Å². The second kappa shape index (κ2) is 8.16. The molecule has 2 rings (SSSR count). The van der Waals surface area contributed by atoms with Gasteiger partial charge in [-0.05, 0) is 73.9 Å². The fraction of sp³-hybridized carbons (Fsp3) is 0.286. The molecule has 0 atom stereocenters. The van der Waals surface area contributed by atoms with Crippen LogP contribution in [-0.4, -0.2) is 12.0 Å². The van der Waals surface area contributed by atoms with Gasteiger partial charge < -0.3 is 0 Å². The van der Waals surface area contributed by atoms with Crippen molar-refractivity contribution in [3.63, 3.8) is 0 Å². The summed E-state index contributed by atoms with van der Waals surface area (Å²) in [7, 11) is 0. The molecule has 0 unspecified atom stereocenters. The van der Waals surface area contributed by atoms with Crippen molar-refractivity contribution in [2.24, 2.45) is 4.99 Å². The van der Waals surface area contributed by atoms with Crippen molar-refractivity contribution in [1.29, 1.82) is 0 Å². The minimum absolute atomic E-state index is 1.04.